The van der Waals surface area contributed by atoms with E-state index in [1.807, 2.05) is 0 Å². The molecule has 0 bridgehead atoms. The number of alkyl halides is 3. The van der Waals surface area contributed by atoms with E-state index in [1.165, 1.54) is 24.3 Å². The summed E-state index contributed by atoms with van der Waals surface area (Å²) in [7, 11) is 0. The number of rotatable bonds is 5. The number of ether oxygens (including phenoxy) is 1. The fraction of sp³-hybridized carbons (Fsp3) is 0.125. The number of hydrogen-bond donors (Lipinski definition) is 3. The van der Waals surface area contributed by atoms with Gasteiger partial charge in [-0.25, -0.2) is 4.79 Å². The van der Waals surface area contributed by atoms with E-state index in [4.69, 9.17) is 10.5 Å². The van der Waals surface area contributed by atoms with Crippen molar-refractivity contribution in [3.05, 3.63) is 54.1 Å². The maximum Gasteiger partial charge on any atom is 0.419 e. The Balaban J connectivity index is 1.99. The lowest BCUT2D eigenvalue weighted by Gasteiger charge is -2.13. The van der Waals surface area contributed by atoms with Crippen LogP contribution >= 0.6 is 0 Å². The highest BCUT2D eigenvalue weighted by molar-refractivity contribution is 5.93. The lowest BCUT2D eigenvalue weighted by Crippen LogP contribution is -2.22. The maximum atomic E-state index is 12.8. The predicted molar refractivity (Wildman–Crippen MR) is 85.2 cm³/mol. The molecule has 0 saturated heterocycles. The second-order valence-corrected chi connectivity index (χ2v) is 4.90. The third-order valence-electron chi connectivity index (χ3n) is 2.97. The number of carbonyl (C=O) groups excluding carboxylic acids is 2. The summed E-state index contributed by atoms with van der Waals surface area (Å²) in [6.07, 6.45) is -4.58. The number of hydrogen-bond acceptors (Lipinski definition) is 3. The van der Waals surface area contributed by atoms with Gasteiger partial charge < -0.3 is 21.1 Å². The molecule has 0 spiro atoms. The molecule has 25 heavy (non-hydrogen) atoms. The molecule has 0 heterocycles. The molecule has 0 unspecified atom stereocenters. The first kappa shape index (κ1) is 18.1. The highest BCUT2D eigenvalue weighted by Crippen LogP contribution is 2.35. The number of urea groups is 1. The SMILES string of the molecule is NC(=O)Nc1cccc(NC(=O)COc2ccccc2C(F)(F)F)c1. The molecule has 0 aliphatic carbocycles. The van der Waals surface area contributed by atoms with Gasteiger partial charge in [-0.05, 0) is 30.3 Å². The molecule has 0 saturated carbocycles. The minimum atomic E-state index is -4.58. The summed E-state index contributed by atoms with van der Waals surface area (Å²) in [5.41, 5.74) is 4.70. The Labute approximate surface area is 140 Å². The van der Waals surface area contributed by atoms with Crippen molar-refractivity contribution in [1.29, 1.82) is 0 Å². The predicted octanol–water partition coefficient (Wildman–Crippen LogP) is 3.21. The Hall–Kier alpha value is -3.23. The van der Waals surface area contributed by atoms with Crippen LogP contribution in [-0.4, -0.2) is 18.5 Å². The number of halogens is 3. The highest BCUT2D eigenvalue weighted by Gasteiger charge is 2.34. The normalized spacial score (nSPS) is 10.8. The summed E-state index contributed by atoms with van der Waals surface area (Å²) in [4.78, 5) is 22.6. The molecule has 2 aromatic rings. The van der Waals surface area contributed by atoms with Gasteiger partial charge in [-0.2, -0.15) is 13.2 Å². The molecule has 0 aliphatic heterocycles. The van der Waals surface area contributed by atoms with Gasteiger partial charge in [0.1, 0.15) is 5.75 Å². The van der Waals surface area contributed by atoms with Crippen molar-refractivity contribution in [1.82, 2.24) is 0 Å². The molecule has 132 valence electrons. The quantitative estimate of drug-likeness (QED) is 0.770. The van der Waals surface area contributed by atoms with Crippen molar-refractivity contribution >= 4 is 23.3 Å². The van der Waals surface area contributed by atoms with Gasteiger partial charge in [0, 0.05) is 11.4 Å². The fourth-order valence-electron chi connectivity index (χ4n) is 1.98. The van der Waals surface area contributed by atoms with Crippen LogP contribution in [0.5, 0.6) is 5.75 Å². The smallest absolute Gasteiger partial charge is 0.419 e. The first-order valence-electron chi connectivity index (χ1n) is 7.01. The second-order valence-electron chi connectivity index (χ2n) is 4.90. The third-order valence-corrected chi connectivity index (χ3v) is 2.97. The van der Waals surface area contributed by atoms with Gasteiger partial charge in [0.25, 0.3) is 5.91 Å². The minimum absolute atomic E-state index is 0.323. The average Bonchev–Trinajstić information content (AvgIpc) is 2.52. The summed E-state index contributed by atoms with van der Waals surface area (Å²) < 4.78 is 43.5. The van der Waals surface area contributed by atoms with Gasteiger partial charge in [0.2, 0.25) is 0 Å². The van der Waals surface area contributed by atoms with Crippen LogP contribution < -0.4 is 21.1 Å². The number of nitrogens with two attached hydrogens (primary N) is 1. The van der Waals surface area contributed by atoms with E-state index in [2.05, 4.69) is 10.6 Å². The molecule has 0 radical (unpaired) electrons. The number of amides is 3. The molecular weight excluding hydrogens is 339 g/mol. The molecule has 0 atom stereocenters. The summed E-state index contributed by atoms with van der Waals surface area (Å²) in [5, 5.41) is 4.78. The topological polar surface area (TPSA) is 93.5 Å². The van der Waals surface area contributed by atoms with Crippen LogP contribution in [0.3, 0.4) is 0 Å². The van der Waals surface area contributed by atoms with E-state index in [0.717, 1.165) is 12.1 Å². The van der Waals surface area contributed by atoms with Gasteiger partial charge >= 0.3 is 12.2 Å². The molecule has 9 heteroatoms. The first-order valence-corrected chi connectivity index (χ1v) is 7.01. The Morgan fingerprint density at radius 2 is 1.64 bits per heavy atom. The summed E-state index contributed by atoms with van der Waals surface area (Å²) in [5.74, 6) is -1.09. The van der Waals surface area contributed by atoms with E-state index >= 15 is 0 Å². The lowest BCUT2D eigenvalue weighted by atomic mass is 10.2. The van der Waals surface area contributed by atoms with Crippen molar-refractivity contribution in [2.45, 2.75) is 6.18 Å². The number of carbonyl (C=O) groups is 2. The molecule has 0 fully saturated rings. The van der Waals surface area contributed by atoms with Gasteiger partial charge in [0.05, 0.1) is 5.56 Å². The molecule has 2 aromatic carbocycles. The van der Waals surface area contributed by atoms with Crippen molar-refractivity contribution in [3.8, 4) is 5.75 Å². The zero-order valence-electron chi connectivity index (χ0n) is 12.8. The zero-order valence-corrected chi connectivity index (χ0v) is 12.8. The van der Waals surface area contributed by atoms with Gasteiger partial charge in [-0.15, -0.1) is 0 Å². The minimum Gasteiger partial charge on any atom is -0.483 e. The van der Waals surface area contributed by atoms with Crippen molar-refractivity contribution in [2.75, 3.05) is 17.2 Å². The van der Waals surface area contributed by atoms with Gasteiger partial charge in [-0.3, -0.25) is 4.79 Å². The standard InChI is InChI=1S/C16H14F3N3O3/c17-16(18,19)12-6-1-2-7-13(12)25-9-14(23)21-10-4-3-5-11(8-10)22-15(20)24/h1-8H,9H2,(H,21,23)(H3,20,22,24). The molecule has 3 amide bonds. The third kappa shape index (κ3) is 5.41. The summed E-state index contributed by atoms with van der Waals surface area (Å²) in [6.45, 7) is -0.611. The average molecular weight is 353 g/mol. The Bertz CT molecular complexity index is 778. The molecule has 6 nitrogen and oxygen atoms in total. The van der Waals surface area contributed by atoms with Crippen LogP contribution in [0.1, 0.15) is 5.56 Å². The monoisotopic (exact) mass is 353 g/mol. The lowest BCUT2D eigenvalue weighted by molar-refractivity contribution is -0.139. The molecular formula is C16H14F3N3O3. The number of para-hydroxylation sites is 1. The maximum absolute atomic E-state index is 12.8. The van der Waals surface area contributed by atoms with Crippen molar-refractivity contribution < 1.29 is 27.5 Å². The van der Waals surface area contributed by atoms with Crippen molar-refractivity contribution in [2.24, 2.45) is 5.73 Å². The van der Waals surface area contributed by atoms with E-state index in [1.54, 1.807) is 12.1 Å². The molecule has 2 rings (SSSR count). The summed E-state index contributed by atoms with van der Waals surface area (Å²) >= 11 is 0. The van der Waals surface area contributed by atoms with E-state index in [9.17, 15) is 22.8 Å². The van der Waals surface area contributed by atoms with E-state index < -0.39 is 36.0 Å². The molecule has 4 N–H and O–H groups in total. The van der Waals surface area contributed by atoms with Gasteiger partial charge in [0.15, 0.2) is 6.61 Å². The van der Waals surface area contributed by atoms with Crippen LogP contribution in [-0.2, 0) is 11.0 Å². The molecule has 0 aromatic heterocycles. The second kappa shape index (κ2) is 7.56. The van der Waals surface area contributed by atoms with Crippen LogP contribution in [0.4, 0.5) is 29.3 Å². The van der Waals surface area contributed by atoms with Crippen LogP contribution in [0, 0.1) is 0 Å². The van der Waals surface area contributed by atoms with Crippen LogP contribution in [0.25, 0.3) is 0 Å². The molecule has 0 aliphatic rings. The Morgan fingerprint density at radius 3 is 2.28 bits per heavy atom. The fourth-order valence-corrected chi connectivity index (χ4v) is 1.98. The van der Waals surface area contributed by atoms with Crippen molar-refractivity contribution in [3.63, 3.8) is 0 Å². The van der Waals surface area contributed by atoms with Crippen LogP contribution in [0.15, 0.2) is 48.5 Å². The Morgan fingerprint density at radius 1 is 1.00 bits per heavy atom. The van der Waals surface area contributed by atoms with E-state index in [-0.39, 0.29) is 0 Å². The first-order chi connectivity index (χ1) is 11.8. The number of anilines is 2. The number of nitrogens with one attached hydrogen (secondary N) is 2. The Kier molecular flexibility index (Phi) is 5.48. The highest BCUT2D eigenvalue weighted by atomic mass is 19.4. The van der Waals surface area contributed by atoms with Gasteiger partial charge in [-0.1, -0.05) is 18.2 Å². The largest absolute Gasteiger partial charge is 0.483 e. The van der Waals surface area contributed by atoms with E-state index in [0.29, 0.717) is 11.4 Å². The number of primary amides is 1. The van der Waals surface area contributed by atoms with Crippen LogP contribution in [0.2, 0.25) is 0 Å². The summed E-state index contributed by atoms with van der Waals surface area (Å²) in [6, 6.07) is 9.92. The number of benzene rings is 2. The zero-order chi connectivity index (χ0) is 18.4.